The highest BCUT2D eigenvalue weighted by Crippen LogP contribution is 2.32. The van der Waals surface area contributed by atoms with Gasteiger partial charge in [0.25, 0.3) is 0 Å². The van der Waals surface area contributed by atoms with Gasteiger partial charge in [0.1, 0.15) is 12.0 Å². The second kappa shape index (κ2) is 5.98. The third-order valence-electron chi connectivity index (χ3n) is 3.54. The molecular weight excluding hydrogens is 318 g/mol. The van der Waals surface area contributed by atoms with Gasteiger partial charge in [-0.1, -0.05) is 12.1 Å². The number of aromatic hydroxyl groups is 1. The summed E-state index contributed by atoms with van der Waals surface area (Å²) in [7, 11) is -3.82. The number of hydrogen-bond acceptors (Lipinski definition) is 5. The van der Waals surface area contributed by atoms with Gasteiger partial charge in [0.2, 0.25) is 0 Å². The third kappa shape index (κ3) is 3.17. The minimum atomic E-state index is -3.82. The number of benzene rings is 1. The average molecular weight is 333 g/mol. The highest BCUT2D eigenvalue weighted by atomic mass is 32.2. The standard InChI is InChI=1S/C15H15N3O4S/c19-10-13-9-18(23(21,22)17-13)14-5-4-11(8-15(14)20)7-12-3-1-2-6-16-12/h1-6,8,10,13,17,20H,7,9H2. The maximum atomic E-state index is 12.0. The molecule has 0 bridgehead atoms. The molecular formula is C15H15N3O4S. The number of carbonyl (C=O) groups is 1. The first kappa shape index (κ1) is 15.4. The van der Waals surface area contributed by atoms with Crippen LogP contribution >= 0.6 is 0 Å². The molecule has 2 aromatic rings. The zero-order valence-corrected chi connectivity index (χ0v) is 12.9. The topological polar surface area (TPSA) is 99.6 Å². The Hall–Kier alpha value is -2.45. The fraction of sp³-hybridized carbons (Fsp3) is 0.200. The summed E-state index contributed by atoms with van der Waals surface area (Å²) >= 11 is 0. The molecule has 1 aromatic heterocycles. The van der Waals surface area contributed by atoms with Crippen molar-refractivity contribution in [2.75, 3.05) is 10.8 Å². The summed E-state index contributed by atoms with van der Waals surface area (Å²) in [5, 5.41) is 10.2. The van der Waals surface area contributed by atoms with Crippen LogP contribution in [-0.4, -0.2) is 37.4 Å². The number of carbonyl (C=O) groups excluding carboxylic acids is 1. The predicted molar refractivity (Wildman–Crippen MR) is 84.4 cm³/mol. The van der Waals surface area contributed by atoms with Crippen LogP contribution < -0.4 is 9.03 Å². The first-order valence-corrected chi connectivity index (χ1v) is 8.41. The summed E-state index contributed by atoms with van der Waals surface area (Å²) in [4.78, 5) is 15.0. The summed E-state index contributed by atoms with van der Waals surface area (Å²) in [5.41, 5.74) is 1.80. The zero-order chi connectivity index (χ0) is 16.4. The van der Waals surface area contributed by atoms with Crippen molar-refractivity contribution in [3.8, 4) is 5.75 Å². The van der Waals surface area contributed by atoms with Gasteiger partial charge in [-0.25, -0.2) is 0 Å². The number of rotatable bonds is 4. The Labute approximate surface area is 133 Å². The van der Waals surface area contributed by atoms with E-state index in [1.807, 2.05) is 18.2 Å². The highest BCUT2D eigenvalue weighted by Gasteiger charge is 2.36. The minimum Gasteiger partial charge on any atom is -0.506 e. The van der Waals surface area contributed by atoms with Crippen LogP contribution in [0, 0.1) is 0 Å². The molecule has 3 rings (SSSR count). The van der Waals surface area contributed by atoms with E-state index in [-0.39, 0.29) is 18.0 Å². The van der Waals surface area contributed by atoms with E-state index < -0.39 is 16.3 Å². The molecule has 0 saturated carbocycles. The number of phenols is 1. The molecule has 1 atom stereocenters. The number of phenolic OH excluding ortho intramolecular Hbond substituents is 1. The van der Waals surface area contributed by atoms with Gasteiger partial charge in [-0.3, -0.25) is 9.29 Å². The van der Waals surface area contributed by atoms with E-state index in [1.54, 1.807) is 12.3 Å². The Morgan fingerprint density at radius 2 is 2.17 bits per heavy atom. The quantitative estimate of drug-likeness (QED) is 0.798. The van der Waals surface area contributed by atoms with E-state index in [2.05, 4.69) is 9.71 Å². The van der Waals surface area contributed by atoms with Crippen LogP contribution in [0.4, 0.5) is 5.69 Å². The van der Waals surface area contributed by atoms with Crippen molar-refractivity contribution in [2.45, 2.75) is 12.5 Å². The number of nitrogens with one attached hydrogen (secondary N) is 1. The van der Waals surface area contributed by atoms with E-state index in [9.17, 15) is 18.3 Å². The van der Waals surface area contributed by atoms with Crippen LogP contribution in [0.1, 0.15) is 11.3 Å². The van der Waals surface area contributed by atoms with Crippen LogP contribution in [0.2, 0.25) is 0 Å². The molecule has 1 fully saturated rings. The Balaban J connectivity index is 1.87. The first-order chi connectivity index (χ1) is 11.0. The maximum Gasteiger partial charge on any atom is 0.302 e. The lowest BCUT2D eigenvalue weighted by Gasteiger charge is -2.17. The van der Waals surface area contributed by atoms with E-state index in [0.29, 0.717) is 12.7 Å². The fourth-order valence-corrected chi connectivity index (χ4v) is 3.88. The smallest absolute Gasteiger partial charge is 0.302 e. The zero-order valence-electron chi connectivity index (χ0n) is 12.1. The molecule has 2 N–H and O–H groups in total. The van der Waals surface area contributed by atoms with Crippen molar-refractivity contribution in [2.24, 2.45) is 0 Å². The second-order valence-corrected chi connectivity index (χ2v) is 6.84. The summed E-state index contributed by atoms with van der Waals surface area (Å²) in [6, 6.07) is 9.51. The Morgan fingerprint density at radius 1 is 1.35 bits per heavy atom. The number of anilines is 1. The number of hydrogen-bond donors (Lipinski definition) is 2. The molecule has 1 saturated heterocycles. The number of pyridine rings is 1. The van der Waals surface area contributed by atoms with Gasteiger partial charge in [-0.15, -0.1) is 0 Å². The SMILES string of the molecule is O=CC1CN(c2ccc(Cc3ccccn3)cc2O)S(=O)(=O)N1. The summed E-state index contributed by atoms with van der Waals surface area (Å²) in [6.07, 6.45) is 2.74. The Bertz CT molecular complexity index is 824. The van der Waals surface area contributed by atoms with Crippen molar-refractivity contribution in [3.05, 3.63) is 53.9 Å². The van der Waals surface area contributed by atoms with Crippen molar-refractivity contribution in [1.82, 2.24) is 9.71 Å². The average Bonchev–Trinajstić information content (AvgIpc) is 2.83. The normalized spacial score (nSPS) is 19.7. The van der Waals surface area contributed by atoms with Gasteiger partial charge >= 0.3 is 10.2 Å². The summed E-state index contributed by atoms with van der Waals surface area (Å²) in [5.74, 6) is -0.157. The largest absolute Gasteiger partial charge is 0.506 e. The molecule has 8 heteroatoms. The van der Waals surface area contributed by atoms with Crippen molar-refractivity contribution in [1.29, 1.82) is 0 Å². The minimum absolute atomic E-state index is 0.0427. The number of aromatic nitrogens is 1. The van der Waals surface area contributed by atoms with Crippen LogP contribution in [-0.2, 0) is 21.4 Å². The van der Waals surface area contributed by atoms with E-state index in [4.69, 9.17) is 0 Å². The van der Waals surface area contributed by atoms with Gasteiger partial charge in [0.15, 0.2) is 0 Å². The number of aldehydes is 1. The molecule has 0 radical (unpaired) electrons. The molecule has 7 nitrogen and oxygen atoms in total. The van der Waals surface area contributed by atoms with E-state index in [0.717, 1.165) is 15.6 Å². The summed E-state index contributed by atoms with van der Waals surface area (Å²) < 4.78 is 27.2. The van der Waals surface area contributed by atoms with Crippen LogP contribution in [0.25, 0.3) is 0 Å². The Kier molecular flexibility index (Phi) is 4.01. The molecule has 1 unspecified atom stereocenters. The van der Waals surface area contributed by atoms with Gasteiger partial charge in [-0.2, -0.15) is 13.1 Å². The highest BCUT2D eigenvalue weighted by molar-refractivity contribution is 7.91. The maximum absolute atomic E-state index is 12.0. The summed E-state index contributed by atoms with van der Waals surface area (Å²) in [6.45, 7) is -0.0427. The molecule has 2 heterocycles. The molecule has 0 amide bonds. The lowest BCUT2D eigenvalue weighted by molar-refractivity contribution is -0.108. The fourth-order valence-electron chi connectivity index (χ4n) is 2.47. The lowest BCUT2D eigenvalue weighted by atomic mass is 10.1. The second-order valence-electron chi connectivity index (χ2n) is 5.22. The van der Waals surface area contributed by atoms with Gasteiger partial charge < -0.3 is 9.90 Å². The molecule has 1 aliphatic rings. The van der Waals surface area contributed by atoms with E-state index in [1.165, 1.54) is 12.1 Å². The van der Waals surface area contributed by atoms with Crippen LogP contribution in [0.15, 0.2) is 42.6 Å². The van der Waals surface area contributed by atoms with Crippen molar-refractivity contribution >= 4 is 22.2 Å². The molecule has 1 aliphatic heterocycles. The predicted octanol–water partition coefficient (Wildman–Crippen LogP) is 0.600. The lowest BCUT2D eigenvalue weighted by Crippen LogP contribution is -2.30. The molecule has 1 aromatic carbocycles. The molecule has 0 aliphatic carbocycles. The molecule has 0 spiro atoms. The molecule has 23 heavy (non-hydrogen) atoms. The first-order valence-electron chi connectivity index (χ1n) is 6.97. The monoisotopic (exact) mass is 333 g/mol. The van der Waals surface area contributed by atoms with Gasteiger partial charge in [-0.05, 0) is 29.8 Å². The van der Waals surface area contributed by atoms with E-state index >= 15 is 0 Å². The van der Waals surface area contributed by atoms with Crippen LogP contribution in [0.3, 0.4) is 0 Å². The van der Waals surface area contributed by atoms with Crippen LogP contribution in [0.5, 0.6) is 5.75 Å². The molecule has 120 valence electrons. The third-order valence-corrected chi connectivity index (χ3v) is 5.06. The van der Waals surface area contributed by atoms with Crippen molar-refractivity contribution < 1.29 is 18.3 Å². The van der Waals surface area contributed by atoms with Gasteiger partial charge in [0, 0.05) is 18.3 Å². The number of nitrogens with zero attached hydrogens (tertiary/aromatic N) is 2. The Morgan fingerprint density at radius 3 is 2.78 bits per heavy atom. The van der Waals surface area contributed by atoms with Gasteiger partial charge in [0.05, 0.1) is 18.3 Å². The van der Waals surface area contributed by atoms with Crippen molar-refractivity contribution in [3.63, 3.8) is 0 Å².